The molecule has 0 bridgehead atoms. The van der Waals surface area contributed by atoms with Crippen LogP contribution in [0.15, 0.2) is 0 Å². The van der Waals surface area contributed by atoms with Gasteiger partial charge in [-0.25, -0.2) is 0 Å². The van der Waals surface area contributed by atoms with E-state index in [1.165, 1.54) is 37.9 Å². The normalized spacial score (nSPS) is 21.4. The molecule has 1 fully saturated rings. The lowest BCUT2D eigenvalue weighted by Gasteiger charge is -2.26. The first-order valence-electron chi connectivity index (χ1n) is 5.96. The highest BCUT2D eigenvalue weighted by atomic mass is 32.2. The van der Waals surface area contributed by atoms with Crippen molar-refractivity contribution in [3.63, 3.8) is 0 Å². The highest BCUT2D eigenvalue weighted by Crippen LogP contribution is 2.28. The Morgan fingerprint density at radius 1 is 1.14 bits per heavy atom. The second kappa shape index (κ2) is 6.73. The summed E-state index contributed by atoms with van der Waals surface area (Å²) in [6.45, 7) is 4.47. The third kappa shape index (κ3) is 4.70. The van der Waals surface area contributed by atoms with Gasteiger partial charge in [0.2, 0.25) is 0 Å². The van der Waals surface area contributed by atoms with E-state index in [0.29, 0.717) is 5.92 Å². The minimum absolute atomic E-state index is 0.0425. The molecule has 1 N–H and O–H groups in total. The zero-order valence-electron chi connectivity index (χ0n) is 9.54. The molecule has 0 amide bonds. The second-order valence-electron chi connectivity index (χ2n) is 4.90. The van der Waals surface area contributed by atoms with Crippen molar-refractivity contribution in [3.8, 4) is 0 Å². The van der Waals surface area contributed by atoms with E-state index in [1.807, 2.05) is 11.8 Å². The van der Waals surface area contributed by atoms with E-state index in [-0.39, 0.29) is 6.10 Å². The van der Waals surface area contributed by atoms with Crippen LogP contribution >= 0.6 is 11.8 Å². The molecule has 1 saturated carbocycles. The molecular formula is C12H24OS. The van der Waals surface area contributed by atoms with Gasteiger partial charge in [-0.2, -0.15) is 11.8 Å². The van der Waals surface area contributed by atoms with Gasteiger partial charge < -0.3 is 5.11 Å². The molecule has 0 aromatic carbocycles. The second-order valence-corrected chi connectivity index (χ2v) is 5.97. The lowest BCUT2D eigenvalue weighted by molar-refractivity contribution is 0.105. The Hall–Kier alpha value is 0.310. The van der Waals surface area contributed by atoms with Crippen LogP contribution in [0, 0.1) is 11.8 Å². The average Bonchev–Trinajstić information content (AvgIpc) is 2.18. The van der Waals surface area contributed by atoms with E-state index in [2.05, 4.69) is 13.8 Å². The van der Waals surface area contributed by atoms with Gasteiger partial charge in [-0.3, -0.25) is 0 Å². The zero-order valence-corrected chi connectivity index (χ0v) is 10.4. The number of thioether (sulfide) groups is 1. The molecule has 0 aromatic heterocycles. The topological polar surface area (TPSA) is 20.2 Å². The molecule has 14 heavy (non-hydrogen) atoms. The van der Waals surface area contributed by atoms with Gasteiger partial charge in [-0.1, -0.05) is 33.1 Å². The SMILES string of the molecule is CC(C)CSCC(O)C1CCCCC1. The average molecular weight is 216 g/mol. The monoisotopic (exact) mass is 216 g/mol. The minimum atomic E-state index is -0.0425. The van der Waals surface area contributed by atoms with Gasteiger partial charge in [0.15, 0.2) is 0 Å². The van der Waals surface area contributed by atoms with Gasteiger partial charge in [0.05, 0.1) is 6.10 Å². The van der Waals surface area contributed by atoms with Crippen molar-refractivity contribution < 1.29 is 5.11 Å². The molecule has 0 aromatic rings. The molecule has 84 valence electrons. The Bertz CT molecular complexity index is 141. The Balaban J connectivity index is 2.10. The molecule has 0 aliphatic heterocycles. The van der Waals surface area contributed by atoms with Gasteiger partial charge >= 0.3 is 0 Å². The summed E-state index contributed by atoms with van der Waals surface area (Å²) in [5.74, 6) is 3.48. The third-order valence-electron chi connectivity index (χ3n) is 2.93. The Labute approximate surface area is 92.7 Å². The molecule has 1 unspecified atom stereocenters. The Morgan fingerprint density at radius 2 is 1.79 bits per heavy atom. The van der Waals surface area contributed by atoms with Crippen LogP contribution in [0.5, 0.6) is 0 Å². The maximum atomic E-state index is 9.97. The highest BCUT2D eigenvalue weighted by Gasteiger charge is 2.21. The van der Waals surface area contributed by atoms with E-state index in [9.17, 15) is 5.11 Å². The van der Waals surface area contributed by atoms with Gasteiger partial charge in [0.25, 0.3) is 0 Å². The fourth-order valence-corrected chi connectivity index (χ4v) is 3.20. The predicted molar refractivity (Wildman–Crippen MR) is 64.7 cm³/mol. The standard InChI is InChI=1S/C12H24OS/c1-10(2)8-14-9-12(13)11-6-4-3-5-7-11/h10-13H,3-9H2,1-2H3. The number of aliphatic hydroxyl groups is 1. The lowest BCUT2D eigenvalue weighted by Crippen LogP contribution is -2.25. The van der Waals surface area contributed by atoms with E-state index < -0.39 is 0 Å². The Kier molecular flexibility index (Phi) is 5.95. The largest absolute Gasteiger partial charge is 0.392 e. The van der Waals surface area contributed by atoms with Crippen molar-refractivity contribution in [1.82, 2.24) is 0 Å². The molecule has 0 heterocycles. The number of rotatable bonds is 5. The third-order valence-corrected chi connectivity index (χ3v) is 4.41. The van der Waals surface area contributed by atoms with Gasteiger partial charge in [0, 0.05) is 5.75 Å². The molecule has 0 saturated heterocycles. The van der Waals surface area contributed by atoms with Crippen LogP contribution < -0.4 is 0 Å². The van der Waals surface area contributed by atoms with Crippen LogP contribution in [0.2, 0.25) is 0 Å². The van der Waals surface area contributed by atoms with E-state index in [4.69, 9.17) is 0 Å². The van der Waals surface area contributed by atoms with Crippen LogP contribution in [0.4, 0.5) is 0 Å². The van der Waals surface area contributed by atoms with Crippen molar-refractivity contribution in [3.05, 3.63) is 0 Å². The minimum Gasteiger partial charge on any atom is -0.392 e. The fourth-order valence-electron chi connectivity index (χ4n) is 2.08. The summed E-state index contributed by atoms with van der Waals surface area (Å²) in [6, 6.07) is 0. The summed E-state index contributed by atoms with van der Waals surface area (Å²) in [5.41, 5.74) is 0. The number of hydrogen-bond donors (Lipinski definition) is 1. The van der Waals surface area contributed by atoms with Crippen LogP contribution in [-0.2, 0) is 0 Å². The first-order valence-corrected chi connectivity index (χ1v) is 7.11. The van der Waals surface area contributed by atoms with Gasteiger partial charge in [0.1, 0.15) is 0 Å². The molecule has 1 nitrogen and oxygen atoms in total. The Morgan fingerprint density at radius 3 is 2.36 bits per heavy atom. The summed E-state index contributed by atoms with van der Waals surface area (Å²) >= 11 is 1.91. The van der Waals surface area contributed by atoms with Crippen LogP contribution in [0.3, 0.4) is 0 Å². The first-order chi connectivity index (χ1) is 6.70. The summed E-state index contributed by atoms with van der Waals surface area (Å²) in [5, 5.41) is 9.97. The number of aliphatic hydroxyl groups excluding tert-OH is 1. The maximum absolute atomic E-state index is 9.97. The van der Waals surface area contributed by atoms with Crippen molar-refractivity contribution in [2.75, 3.05) is 11.5 Å². The van der Waals surface area contributed by atoms with E-state index in [1.54, 1.807) is 0 Å². The van der Waals surface area contributed by atoms with Crippen molar-refractivity contribution in [2.45, 2.75) is 52.1 Å². The summed E-state index contributed by atoms with van der Waals surface area (Å²) in [7, 11) is 0. The van der Waals surface area contributed by atoms with Gasteiger partial charge in [-0.05, 0) is 30.4 Å². The predicted octanol–water partition coefficient (Wildman–Crippen LogP) is 3.32. The molecule has 1 aliphatic rings. The van der Waals surface area contributed by atoms with Crippen molar-refractivity contribution in [2.24, 2.45) is 11.8 Å². The van der Waals surface area contributed by atoms with E-state index >= 15 is 0 Å². The molecule has 2 heteroatoms. The van der Waals surface area contributed by atoms with Crippen LogP contribution in [-0.4, -0.2) is 22.7 Å². The molecule has 0 spiro atoms. The molecule has 0 radical (unpaired) electrons. The fraction of sp³-hybridized carbons (Fsp3) is 1.00. The van der Waals surface area contributed by atoms with Crippen LogP contribution in [0.25, 0.3) is 0 Å². The van der Waals surface area contributed by atoms with Crippen LogP contribution in [0.1, 0.15) is 46.0 Å². The summed E-state index contributed by atoms with van der Waals surface area (Å²) in [6.07, 6.45) is 6.50. The van der Waals surface area contributed by atoms with E-state index in [0.717, 1.165) is 11.7 Å². The van der Waals surface area contributed by atoms with Gasteiger partial charge in [-0.15, -0.1) is 0 Å². The molecule has 1 atom stereocenters. The maximum Gasteiger partial charge on any atom is 0.0658 e. The first kappa shape index (κ1) is 12.4. The zero-order chi connectivity index (χ0) is 10.4. The molecule has 1 rings (SSSR count). The number of hydrogen-bond acceptors (Lipinski definition) is 2. The summed E-state index contributed by atoms with van der Waals surface area (Å²) in [4.78, 5) is 0. The van der Waals surface area contributed by atoms with Crippen molar-refractivity contribution >= 4 is 11.8 Å². The lowest BCUT2D eigenvalue weighted by atomic mass is 9.86. The molecule has 1 aliphatic carbocycles. The smallest absolute Gasteiger partial charge is 0.0658 e. The van der Waals surface area contributed by atoms with Crippen molar-refractivity contribution in [1.29, 1.82) is 0 Å². The quantitative estimate of drug-likeness (QED) is 0.761. The molecular weight excluding hydrogens is 192 g/mol. The highest BCUT2D eigenvalue weighted by molar-refractivity contribution is 7.99. The summed E-state index contributed by atoms with van der Waals surface area (Å²) < 4.78 is 0.